The van der Waals surface area contributed by atoms with E-state index in [1.807, 2.05) is 6.92 Å². The Kier molecular flexibility index (Phi) is 8.60. The number of carbonyl (C=O) groups excluding carboxylic acids is 1. The second-order valence-electron chi connectivity index (χ2n) is 4.81. The summed E-state index contributed by atoms with van der Waals surface area (Å²) in [6.45, 7) is 3.14. The van der Waals surface area contributed by atoms with Gasteiger partial charge >= 0.3 is 0 Å². The molecule has 0 radical (unpaired) electrons. The van der Waals surface area contributed by atoms with Gasteiger partial charge in [0.15, 0.2) is 0 Å². The predicted octanol–water partition coefficient (Wildman–Crippen LogP) is 1.80. The fourth-order valence-electron chi connectivity index (χ4n) is 1.61. The molecule has 0 atom stereocenters. The van der Waals surface area contributed by atoms with Crippen molar-refractivity contribution in [2.24, 2.45) is 0 Å². The molecule has 0 fully saturated rings. The van der Waals surface area contributed by atoms with E-state index in [4.69, 9.17) is 9.47 Å². The molecule has 0 saturated carbocycles. The molecule has 0 aliphatic carbocycles. The quantitative estimate of drug-likeness (QED) is 0.486. The molecule has 0 aliphatic rings. The van der Waals surface area contributed by atoms with Gasteiger partial charge in [-0.1, -0.05) is 6.92 Å². The van der Waals surface area contributed by atoms with E-state index in [0.29, 0.717) is 31.1 Å². The summed E-state index contributed by atoms with van der Waals surface area (Å²) < 4.78 is 36.7. The Bertz CT molecular complexity index is 570. The number of hydrogen-bond acceptors (Lipinski definition) is 6. The van der Waals surface area contributed by atoms with Gasteiger partial charge in [0, 0.05) is 12.3 Å². The van der Waals surface area contributed by atoms with Gasteiger partial charge in [-0.25, -0.2) is 0 Å². The molecule has 1 aromatic rings. The van der Waals surface area contributed by atoms with Gasteiger partial charge in [0.25, 0.3) is 10.1 Å². The minimum absolute atomic E-state index is 0.0465. The van der Waals surface area contributed by atoms with Crippen LogP contribution in [0.3, 0.4) is 0 Å². The molecule has 0 bridgehead atoms. The first-order valence-corrected chi connectivity index (χ1v) is 9.17. The summed E-state index contributed by atoms with van der Waals surface area (Å²) in [6.07, 6.45) is 2.22. The molecular weight excluding hydrogens is 322 g/mol. The minimum atomic E-state index is -3.45. The van der Waals surface area contributed by atoms with Crippen molar-refractivity contribution in [2.45, 2.75) is 19.8 Å². The van der Waals surface area contributed by atoms with Crippen LogP contribution in [0.5, 0.6) is 5.75 Å². The summed E-state index contributed by atoms with van der Waals surface area (Å²) >= 11 is 0. The summed E-state index contributed by atoms with van der Waals surface area (Å²) in [5.74, 6) is 0.447. The van der Waals surface area contributed by atoms with Gasteiger partial charge < -0.3 is 14.8 Å². The van der Waals surface area contributed by atoms with Crippen LogP contribution in [0.25, 0.3) is 0 Å². The molecule has 1 amide bonds. The monoisotopic (exact) mass is 345 g/mol. The molecule has 0 unspecified atom stereocenters. The number of hydrogen-bond donors (Lipinski definition) is 1. The summed E-state index contributed by atoms with van der Waals surface area (Å²) in [6, 6.07) is 6.78. The fourth-order valence-corrected chi connectivity index (χ4v) is 1.98. The number of amides is 1. The van der Waals surface area contributed by atoms with Crippen LogP contribution in [0.1, 0.15) is 19.8 Å². The summed E-state index contributed by atoms with van der Waals surface area (Å²) in [7, 11) is -3.45. The number of ether oxygens (including phenoxy) is 2. The second-order valence-corrected chi connectivity index (χ2v) is 6.45. The number of anilines is 1. The van der Waals surface area contributed by atoms with Crippen molar-refractivity contribution in [3.05, 3.63) is 24.3 Å². The maximum atomic E-state index is 11.7. The molecule has 0 saturated heterocycles. The maximum Gasteiger partial charge on any atom is 0.264 e. The van der Waals surface area contributed by atoms with E-state index in [0.717, 1.165) is 12.7 Å². The minimum Gasteiger partial charge on any atom is -0.491 e. The van der Waals surface area contributed by atoms with Crippen LogP contribution in [-0.4, -0.2) is 47.0 Å². The Morgan fingerprint density at radius 2 is 1.78 bits per heavy atom. The lowest BCUT2D eigenvalue weighted by Crippen LogP contribution is -2.14. The van der Waals surface area contributed by atoms with Crippen molar-refractivity contribution in [1.29, 1.82) is 0 Å². The Labute approximate surface area is 137 Å². The van der Waals surface area contributed by atoms with Gasteiger partial charge in [-0.15, -0.1) is 0 Å². The fraction of sp³-hybridized carbons (Fsp3) is 0.533. The molecule has 8 heteroatoms. The molecule has 130 valence electrons. The summed E-state index contributed by atoms with van der Waals surface area (Å²) in [5.41, 5.74) is 0.658. The zero-order valence-electron chi connectivity index (χ0n) is 13.4. The molecule has 0 spiro atoms. The standard InChI is InChI=1S/C15H23NO6S/c1-3-9-20-10-8-15(17)16-13-4-6-14(7-5-13)21-11-12-22-23(2,18)19/h4-7H,3,8-12H2,1-2H3,(H,16,17). The van der Waals surface area contributed by atoms with Gasteiger partial charge in [-0.05, 0) is 30.7 Å². The topological polar surface area (TPSA) is 90.9 Å². The SMILES string of the molecule is CCCOCCC(=O)Nc1ccc(OCCOS(C)(=O)=O)cc1. The summed E-state index contributed by atoms with van der Waals surface area (Å²) in [4.78, 5) is 11.7. The number of benzene rings is 1. The molecule has 23 heavy (non-hydrogen) atoms. The van der Waals surface area contributed by atoms with E-state index >= 15 is 0 Å². The molecule has 1 rings (SSSR count). The lowest BCUT2D eigenvalue weighted by Gasteiger charge is -2.08. The zero-order valence-corrected chi connectivity index (χ0v) is 14.2. The Morgan fingerprint density at radius 3 is 2.39 bits per heavy atom. The highest BCUT2D eigenvalue weighted by Crippen LogP contribution is 2.15. The molecule has 0 aromatic heterocycles. The highest BCUT2D eigenvalue weighted by atomic mass is 32.2. The van der Waals surface area contributed by atoms with Crippen molar-refractivity contribution < 1.29 is 26.9 Å². The highest BCUT2D eigenvalue weighted by molar-refractivity contribution is 7.85. The van der Waals surface area contributed by atoms with Crippen LogP contribution < -0.4 is 10.1 Å². The van der Waals surface area contributed by atoms with Crippen LogP contribution >= 0.6 is 0 Å². The molecule has 7 nitrogen and oxygen atoms in total. The Morgan fingerprint density at radius 1 is 1.09 bits per heavy atom. The third-order valence-electron chi connectivity index (χ3n) is 2.61. The zero-order chi connectivity index (χ0) is 17.1. The van der Waals surface area contributed by atoms with Crippen LogP contribution in [0, 0.1) is 0 Å². The van der Waals surface area contributed by atoms with E-state index in [1.54, 1.807) is 24.3 Å². The van der Waals surface area contributed by atoms with E-state index in [9.17, 15) is 13.2 Å². The van der Waals surface area contributed by atoms with Gasteiger partial charge in [-0.2, -0.15) is 8.42 Å². The average Bonchev–Trinajstić information content (AvgIpc) is 2.49. The van der Waals surface area contributed by atoms with Gasteiger partial charge in [0.05, 0.1) is 19.3 Å². The molecular formula is C15H23NO6S. The third-order valence-corrected chi connectivity index (χ3v) is 3.20. The first-order chi connectivity index (χ1) is 10.9. The lowest BCUT2D eigenvalue weighted by atomic mass is 10.3. The average molecular weight is 345 g/mol. The van der Waals surface area contributed by atoms with Gasteiger partial charge in [0.2, 0.25) is 5.91 Å². The van der Waals surface area contributed by atoms with Crippen LogP contribution in [-0.2, 0) is 23.8 Å². The number of carbonyl (C=O) groups is 1. The van der Waals surface area contributed by atoms with E-state index in [2.05, 4.69) is 9.50 Å². The molecule has 1 N–H and O–H groups in total. The van der Waals surface area contributed by atoms with Crippen molar-refractivity contribution in [3.63, 3.8) is 0 Å². The van der Waals surface area contributed by atoms with Gasteiger partial charge in [0.1, 0.15) is 19.0 Å². The number of nitrogens with one attached hydrogen (secondary N) is 1. The summed E-state index contributed by atoms with van der Waals surface area (Å²) in [5, 5.41) is 2.75. The lowest BCUT2D eigenvalue weighted by molar-refractivity contribution is -0.117. The van der Waals surface area contributed by atoms with Gasteiger partial charge in [-0.3, -0.25) is 8.98 Å². The van der Waals surface area contributed by atoms with Crippen molar-refractivity contribution >= 4 is 21.7 Å². The second kappa shape index (κ2) is 10.2. The van der Waals surface area contributed by atoms with Crippen LogP contribution in [0.2, 0.25) is 0 Å². The van der Waals surface area contributed by atoms with Crippen molar-refractivity contribution in [3.8, 4) is 5.75 Å². The normalized spacial score (nSPS) is 11.2. The smallest absolute Gasteiger partial charge is 0.264 e. The highest BCUT2D eigenvalue weighted by Gasteiger charge is 2.04. The van der Waals surface area contributed by atoms with E-state index in [1.165, 1.54) is 0 Å². The number of rotatable bonds is 11. The molecule has 1 aromatic carbocycles. The van der Waals surface area contributed by atoms with Crippen LogP contribution in [0.4, 0.5) is 5.69 Å². The molecule has 0 heterocycles. The van der Waals surface area contributed by atoms with Crippen LogP contribution in [0.15, 0.2) is 24.3 Å². The largest absolute Gasteiger partial charge is 0.491 e. The first kappa shape index (κ1) is 19.4. The van der Waals surface area contributed by atoms with E-state index in [-0.39, 0.29) is 19.1 Å². The third kappa shape index (κ3) is 9.88. The maximum absolute atomic E-state index is 11.7. The Balaban J connectivity index is 2.28. The van der Waals surface area contributed by atoms with Crippen molar-refractivity contribution in [1.82, 2.24) is 0 Å². The first-order valence-electron chi connectivity index (χ1n) is 7.35. The Hall–Kier alpha value is -1.64. The predicted molar refractivity (Wildman–Crippen MR) is 87.1 cm³/mol. The van der Waals surface area contributed by atoms with E-state index < -0.39 is 10.1 Å². The molecule has 0 aliphatic heterocycles. The van der Waals surface area contributed by atoms with Crippen molar-refractivity contribution in [2.75, 3.05) is 38.0 Å².